The molecule has 0 saturated carbocycles. The van der Waals surface area contributed by atoms with Crippen LogP contribution in [0.15, 0.2) is 121 Å². The van der Waals surface area contributed by atoms with E-state index in [4.69, 9.17) is 0 Å². The van der Waals surface area contributed by atoms with Crippen molar-refractivity contribution in [1.29, 1.82) is 0 Å². The molecule has 0 unspecified atom stereocenters. The summed E-state index contributed by atoms with van der Waals surface area (Å²) < 4.78 is 0. The van der Waals surface area contributed by atoms with Crippen molar-refractivity contribution in [3.63, 3.8) is 0 Å². The molecule has 0 heterocycles. The molecule has 0 aromatic heterocycles. The van der Waals surface area contributed by atoms with E-state index in [0.717, 1.165) is 12.8 Å². The fourth-order valence-corrected chi connectivity index (χ4v) is 2.82. The zero-order chi connectivity index (χ0) is 19.3. The van der Waals surface area contributed by atoms with Gasteiger partial charge in [-0.1, -0.05) is 12.1 Å². The van der Waals surface area contributed by atoms with Gasteiger partial charge in [0.15, 0.2) is 0 Å². The molecule has 160 valence electrons. The minimum Gasteiger partial charge on any atom is -1.00 e. The quantitative estimate of drug-likeness (QED) is 0.265. The third-order valence-corrected chi connectivity index (χ3v) is 4.27. The van der Waals surface area contributed by atoms with Crippen molar-refractivity contribution >= 4 is 21.5 Å². The number of hydrogen-bond donors (Lipinski definition) is 0. The monoisotopic (exact) mass is 610 g/mol. The second-order valence-corrected chi connectivity index (χ2v) is 6.32. The van der Waals surface area contributed by atoms with E-state index < -0.39 is 0 Å². The van der Waals surface area contributed by atoms with Gasteiger partial charge in [0.25, 0.3) is 0 Å². The topological polar surface area (TPSA) is 0 Å². The van der Waals surface area contributed by atoms with Crippen molar-refractivity contribution in [2.75, 3.05) is 0 Å². The van der Waals surface area contributed by atoms with Gasteiger partial charge < -0.3 is 24.8 Å². The molecule has 4 heteroatoms. The second-order valence-electron chi connectivity index (χ2n) is 6.32. The molecule has 0 amide bonds. The maximum absolute atomic E-state index is 2.99. The van der Waals surface area contributed by atoms with Gasteiger partial charge in [0, 0.05) is 0 Å². The molecule has 0 spiro atoms. The SMILES string of the molecule is [C-]1=CC=CC1.[C-]1=CC=CC1.[Cl-].[Cl-].[Zr+2].[Zr+2].c1ccc2[cH-]ccc2c1.c1ccc2[cH-]ccc2c1. The van der Waals surface area contributed by atoms with E-state index in [0.29, 0.717) is 0 Å². The fraction of sp³-hybridized carbons (Fsp3) is 0.0714. The first-order chi connectivity index (χ1) is 13.9. The summed E-state index contributed by atoms with van der Waals surface area (Å²) >= 11 is 0. The van der Waals surface area contributed by atoms with Crippen LogP contribution in [0.2, 0.25) is 0 Å². The van der Waals surface area contributed by atoms with Crippen LogP contribution in [0.1, 0.15) is 12.8 Å². The average Bonchev–Trinajstić information content (AvgIpc) is 3.56. The number of fused-ring (bicyclic) bond motifs is 2. The number of halogens is 2. The third-order valence-electron chi connectivity index (χ3n) is 4.27. The summed E-state index contributed by atoms with van der Waals surface area (Å²) in [4.78, 5) is 0. The molecule has 0 atom stereocenters. The second kappa shape index (κ2) is 20.6. The number of benzene rings is 2. The van der Waals surface area contributed by atoms with E-state index in [1.165, 1.54) is 21.5 Å². The van der Waals surface area contributed by atoms with Crippen LogP contribution in [0.25, 0.3) is 21.5 Å². The summed E-state index contributed by atoms with van der Waals surface area (Å²) in [5.74, 6) is 0. The number of allylic oxidation sites excluding steroid dienone is 8. The summed E-state index contributed by atoms with van der Waals surface area (Å²) in [6, 6.07) is 29.3. The van der Waals surface area contributed by atoms with Crippen molar-refractivity contribution in [3.05, 3.63) is 134 Å². The van der Waals surface area contributed by atoms with Crippen molar-refractivity contribution in [2.24, 2.45) is 0 Å². The standard InChI is InChI=1S/2C9H7.2C5H5.2ClH.2Zr/c2*1-2-5-9-7-3-6-8(9)4-1;2*1-2-4-5-3-1;;;;/h2*1-7H;2*1-3H,4H2;2*1H;;/q4*-1;;;2*+2/p-2. The van der Waals surface area contributed by atoms with Gasteiger partial charge in [-0.05, 0) is 0 Å². The Balaban J connectivity index is 0. The van der Waals surface area contributed by atoms with E-state index in [1.807, 2.05) is 24.3 Å². The van der Waals surface area contributed by atoms with Crippen LogP contribution in [-0.2, 0) is 52.4 Å². The Morgan fingerprint density at radius 2 is 0.969 bits per heavy atom. The van der Waals surface area contributed by atoms with Crippen LogP contribution < -0.4 is 24.8 Å². The normalized spacial score (nSPS) is 11.2. The molecule has 6 rings (SSSR count). The van der Waals surface area contributed by atoms with Gasteiger partial charge in [0.1, 0.15) is 0 Å². The van der Waals surface area contributed by atoms with E-state index in [2.05, 4.69) is 109 Å². The molecule has 0 radical (unpaired) electrons. The Morgan fingerprint density at radius 1 is 0.562 bits per heavy atom. The Morgan fingerprint density at radius 3 is 1.25 bits per heavy atom. The van der Waals surface area contributed by atoms with Crippen molar-refractivity contribution in [3.8, 4) is 0 Å². The third kappa shape index (κ3) is 12.3. The maximum Gasteiger partial charge on any atom is 2.00 e. The molecule has 0 nitrogen and oxygen atoms in total. The molecule has 0 N–H and O–H groups in total. The predicted molar refractivity (Wildman–Crippen MR) is 122 cm³/mol. The Bertz CT molecular complexity index is 916. The molecule has 4 aromatic rings. The molecule has 32 heavy (non-hydrogen) atoms. The zero-order valence-corrected chi connectivity index (χ0v) is 24.1. The summed E-state index contributed by atoms with van der Waals surface area (Å²) in [6.07, 6.45) is 20.0. The minimum atomic E-state index is 0. The van der Waals surface area contributed by atoms with Crippen molar-refractivity contribution < 1.29 is 77.2 Å². The predicted octanol–water partition coefficient (Wildman–Crippen LogP) is 1.73. The Hall–Kier alpha value is -1.03. The number of rotatable bonds is 0. The molecular formula is C28H24Cl2Zr2-2. The first kappa shape index (κ1) is 33.1. The largest absolute Gasteiger partial charge is 2.00 e. The average molecular weight is 614 g/mol. The van der Waals surface area contributed by atoms with Crippen LogP contribution in [0, 0.1) is 12.2 Å². The van der Waals surface area contributed by atoms with Crippen LogP contribution in [-0.4, -0.2) is 0 Å². The van der Waals surface area contributed by atoms with E-state index >= 15 is 0 Å². The summed E-state index contributed by atoms with van der Waals surface area (Å²) in [5, 5.41) is 5.32. The van der Waals surface area contributed by atoms with E-state index in [9.17, 15) is 0 Å². The van der Waals surface area contributed by atoms with Gasteiger partial charge in [-0.25, -0.2) is 24.3 Å². The Labute approximate surface area is 243 Å². The molecule has 0 fully saturated rings. The smallest absolute Gasteiger partial charge is 1.00 e. The van der Waals surface area contributed by atoms with E-state index in [-0.39, 0.29) is 77.2 Å². The number of hydrogen-bond acceptors (Lipinski definition) is 0. The summed E-state index contributed by atoms with van der Waals surface area (Å²) in [7, 11) is 0. The maximum atomic E-state index is 2.99. The molecule has 0 aliphatic heterocycles. The molecule has 2 aliphatic carbocycles. The molecule has 0 bridgehead atoms. The zero-order valence-electron chi connectivity index (χ0n) is 17.7. The van der Waals surface area contributed by atoms with Gasteiger partial charge in [-0.15, -0.1) is 72.1 Å². The van der Waals surface area contributed by atoms with Gasteiger partial charge in [0.05, 0.1) is 0 Å². The van der Waals surface area contributed by atoms with Gasteiger partial charge in [0.2, 0.25) is 0 Å². The first-order valence-corrected chi connectivity index (χ1v) is 9.58. The van der Waals surface area contributed by atoms with Crippen LogP contribution >= 0.6 is 0 Å². The van der Waals surface area contributed by atoms with Gasteiger partial charge in [-0.3, -0.25) is 12.2 Å². The molecular weight excluding hydrogens is 590 g/mol. The van der Waals surface area contributed by atoms with Gasteiger partial charge in [-0.2, -0.15) is 47.2 Å². The molecule has 2 aliphatic rings. The molecule has 0 saturated heterocycles. The van der Waals surface area contributed by atoms with Crippen molar-refractivity contribution in [1.82, 2.24) is 0 Å². The van der Waals surface area contributed by atoms with Crippen LogP contribution in [0.4, 0.5) is 0 Å². The van der Waals surface area contributed by atoms with Crippen LogP contribution in [0.5, 0.6) is 0 Å². The van der Waals surface area contributed by atoms with Gasteiger partial charge >= 0.3 is 52.4 Å². The summed E-state index contributed by atoms with van der Waals surface area (Å²) in [5.41, 5.74) is 0. The molecule has 4 aromatic carbocycles. The van der Waals surface area contributed by atoms with Crippen molar-refractivity contribution in [2.45, 2.75) is 12.8 Å². The first-order valence-electron chi connectivity index (χ1n) is 9.58. The van der Waals surface area contributed by atoms with Crippen LogP contribution in [0.3, 0.4) is 0 Å². The fourth-order valence-electron chi connectivity index (χ4n) is 2.82. The minimum absolute atomic E-state index is 0. The Kier molecular flexibility index (Phi) is 21.3. The van der Waals surface area contributed by atoms with E-state index in [1.54, 1.807) is 0 Å². The summed E-state index contributed by atoms with van der Waals surface area (Å²) in [6.45, 7) is 0.